The van der Waals surface area contributed by atoms with Gasteiger partial charge in [0, 0.05) is 4.90 Å². The molecule has 1 atom stereocenters. The quantitative estimate of drug-likeness (QED) is 0.821. The van der Waals surface area contributed by atoms with Gasteiger partial charge in [0.2, 0.25) is 0 Å². The zero-order chi connectivity index (χ0) is 14.6. The van der Waals surface area contributed by atoms with E-state index in [0.29, 0.717) is 10.6 Å². The molecule has 2 N–H and O–H groups in total. The summed E-state index contributed by atoms with van der Waals surface area (Å²) < 4.78 is 0. The van der Waals surface area contributed by atoms with Gasteiger partial charge < -0.3 is 10.4 Å². The maximum Gasteiger partial charge on any atom is 0.326 e. The summed E-state index contributed by atoms with van der Waals surface area (Å²) in [4.78, 5) is 24.0. The highest BCUT2D eigenvalue weighted by atomic mass is 35.5. The summed E-state index contributed by atoms with van der Waals surface area (Å²) in [5.74, 6) is -1.73. The molecule has 0 aliphatic heterocycles. The monoisotopic (exact) mass is 301 g/mol. The molecule has 0 heterocycles. The summed E-state index contributed by atoms with van der Waals surface area (Å²) in [6.45, 7) is 3.47. The SMILES string of the molecule is CSc1ccc(Cl)c(C(=O)N[C@@H](C(=O)O)C(C)C)c1. The van der Waals surface area contributed by atoms with Crippen molar-refractivity contribution < 1.29 is 14.7 Å². The standard InChI is InChI=1S/C13H16ClNO3S/c1-7(2)11(13(17)18)15-12(16)9-6-8(19-3)4-5-10(9)14/h4-7,11H,1-3H3,(H,15,16)(H,17,18)/t11-/m1/s1. The number of carboxylic acid groups (broad SMARTS) is 1. The van der Waals surface area contributed by atoms with E-state index in [1.165, 1.54) is 11.8 Å². The van der Waals surface area contributed by atoms with Gasteiger partial charge in [-0.3, -0.25) is 4.79 Å². The van der Waals surface area contributed by atoms with Gasteiger partial charge in [0.05, 0.1) is 10.6 Å². The van der Waals surface area contributed by atoms with Gasteiger partial charge in [-0.2, -0.15) is 0 Å². The number of carbonyl (C=O) groups excluding carboxylic acids is 1. The Kier molecular flexibility index (Phi) is 5.69. The summed E-state index contributed by atoms with van der Waals surface area (Å²) in [6.07, 6.45) is 1.89. The zero-order valence-electron chi connectivity index (χ0n) is 10.9. The third kappa shape index (κ3) is 4.14. The highest BCUT2D eigenvalue weighted by molar-refractivity contribution is 7.98. The Morgan fingerprint density at radius 3 is 2.47 bits per heavy atom. The topological polar surface area (TPSA) is 66.4 Å². The number of carboxylic acids is 1. The van der Waals surface area contributed by atoms with E-state index in [1.54, 1.807) is 32.0 Å². The van der Waals surface area contributed by atoms with Crippen molar-refractivity contribution in [2.24, 2.45) is 5.92 Å². The first-order chi connectivity index (χ1) is 8.86. The van der Waals surface area contributed by atoms with Crippen LogP contribution in [0.15, 0.2) is 23.1 Å². The normalized spacial score (nSPS) is 12.3. The predicted molar refractivity (Wildman–Crippen MR) is 77.0 cm³/mol. The van der Waals surface area contributed by atoms with Crippen molar-refractivity contribution in [2.45, 2.75) is 24.8 Å². The first-order valence-electron chi connectivity index (χ1n) is 5.74. The third-order valence-electron chi connectivity index (χ3n) is 2.64. The Balaban J connectivity index is 2.97. The second kappa shape index (κ2) is 6.82. The molecule has 1 aromatic rings. The van der Waals surface area contributed by atoms with Crippen LogP contribution in [0.3, 0.4) is 0 Å². The molecule has 104 valence electrons. The number of aliphatic carboxylic acids is 1. The minimum Gasteiger partial charge on any atom is -0.480 e. The van der Waals surface area contributed by atoms with Crippen molar-refractivity contribution in [3.8, 4) is 0 Å². The Bertz CT molecular complexity index is 491. The van der Waals surface area contributed by atoms with Gasteiger partial charge in [-0.25, -0.2) is 4.79 Å². The lowest BCUT2D eigenvalue weighted by Crippen LogP contribution is -2.44. The minimum absolute atomic E-state index is 0.205. The Morgan fingerprint density at radius 1 is 1.37 bits per heavy atom. The summed E-state index contributed by atoms with van der Waals surface area (Å²) in [5.41, 5.74) is 0.292. The average Bonchev–Trinajstić information content (AvgIpc) is 2.35. The largest absolute Gasteiger partial charge is 0.480 e. The Labute approximate surface area is 121 Å². The van der Waals surface area contributed by atoms with E-state index in [9.17, 15) is 9.59 Å². The fourth-order valence-electron chi connectivity index (χ4n) is 1.54. The first-order valence-corrected chi connectivity index (χ1v) is 7.34. The molecule has 0 fully saturated rings. The predicted octanol–water partition coefficient (Wildman–Crippen LogP) is 2.90. The number of halogens is 1. The van der Waals surface area contributed by atoms with Gasteiger partial charge in [-0.1, -0.05) is 25.4 Å². The highest BCUT2D eigenvalue weighted by Gasteiger charge is 2.24. The van der Waals surface area contributed by atoms with Crippen LogP contribution in [-0.2, 0) is 4.79 Å². The highest BCUT2D eigenvalue weighted by Crippen LogP contribution is 2.23. The smallest absolute Gasteiger partial charge is 0.326 e. The summed E-state index contributed by atoms with van der Waals surface area (Å²) >= 11 is 7.46. The second-order valence-corrected chi connectivity index (χ2v) is 5.67. The maximum atomic E-state index is 12.1. The molecule has 0 aromatic heterocycles. The summed E-state index contributed by atoms with van der Waals surface area (Å²) in [6, 6.07) is 4.16. The van der Waals surface area contributed by atoms with Crippen LogP contribution in [0.4, 0.5) is 0 Å². The molecule has 1 rings (SSSR count). The number of carbonyl (C=O) groups is 2. The lowest BCUT2D eigenvalue weighted by Gasteiger charge is -2.18. The number of hydrogen-bond donors (Lipinski definition) is 2. The van der Waals surface area contributed by atoms with Gasteiger partial charge in [0.15, 0.2) is 0 Å². The zero-order valence-corrected chi connectivity index (χ0v) is 12.5. The van der Waals surface area contributed by atoms with Crippen LogP contribution in [0.1, 0.15) is 24.2 Å². The lowest BCUT2D eigenvalue weighted by atomic mass is 10.0. The van der Waals surface area contributed by atoms with Crippen molar-refractivity contribution in [3.05, 3.63) is 28.8 Å². The van der Waals surface area contributed by atoms with Crippen molar-refractivity contribution in [1.29, 1.82) is 0 Å². The molecule has 19 heavy (non-hydrogen) atoms. The van der Waals surface area contributed by atoms with Crippen molar-refractivity contribution in [1.82, 2.24) is 5.32 Å². The molecule has 1 amide bonds. The van der Waals surface area contributed by atoms with E-state index in [4.69, 9.17) is 16.7 Å². The number of rotatable bonds is 5. The molecule has 0 radical (unpaired) electrons. The van der Waals surface area contributed by atoms with E-state index >= 15 is 0 Å². The second-order valence-electron chi connectivity index (χ2n) is 4.38. The van der Waals surface area contributed by atoms with Crippen LogP contribution in [-0.4, -0.2) is 29.3 Å². The Morgan fingerprint density at radius 2 is 2.00 bits per heavy atom. The number of thioether (sulfide) groups is 1. The van der Waals surface area contributed by atoms with Gasteiger partial charge in [-0.05, 0) is 30.4 Å². The van der Waals surface area contributed by atoms with E-state index in [1.807, 2.05) is 6.26 Å². The molecule has 4 nitrogen and oxygen atoms in total. The fraction of sp³-hybridized carbons (Fsp3) is 0.385. The molecule has 0 spiro atoms. The van der Waals surface area contributed by atoms with Crippen molar-refractivity contribution in [3.63, 3.8) is 0 Å². The number of benzene rings is 1. The lowest BCUT2D eigenvalue weighted by molar-refractivity contribution is -0.140. The van der Waals surface area contributed by atoms with Crippen LogP contribution >= 0.6 is 23.4 Å². The van der Waals surface area contributed by atoms with Crippen molar-refractivity contribution >= 4 is 35.2 Å². The van der Waals surface area contributed by atoms with E-state index < -0.39 is 17.9 Å². The Hall–Kier alpha value is -1.20. The van der Waals surface area contributed by atoms with E-state index in [0.717, 1.165) is 4.90 Å². The molecular formula is C13H16ClNO3S. The molecule has 0 aliphatic carbocycles. The number of nitrogens with one attached hydrogen (secondary N) is 1. The van der Waals surface area contributed by atoms with Crippen LogP contribution in [0.25, 0.3) is 0 Å². The molecular weight excluding hydrogens is 286 g/mol. The summed E-state index contributed by atoms with van der Waals surface area (Å²) in [5, 5.41) is 11.9. The summed E-state index contributed by atoms with van der Waals surface area (Å²) in [7, 11) is 0. The molecule has 0 aliphatic rings. The van der Waals surface area contributed by atoms with Crippen LogP contribution in [0.5, 0.6) is 0 Å². The molecule has 0 saturated carbocycles. The van der Waals surface area contributed by atoms with Gasteiger partial charge >= 0.3 is 5.97 Å². The van der Waals surface area contributed by atoms with Crippen LogP contribution < -0.4 is 5.32 Å². The van der Waals surface area contributed by atoms with Crippen LogP contribution in [0.2, 0.25) is 5.02 Å². The fourth-order valence-corrected chi connectivity index (χ4v) is 2.18. The van der Waals surface area contributed by atoms with Crippen LogP contribution in [0, 0.1) is 5.92 Å². The third-order valence-corrected chi connectivity index (χ3v) is 3.69. The van der Waals surface area contributed by atoms with Gasteiger partial charge in [-0.15, -0.1) is 11.8 Å². The van der Waals surface area contributed by atoms with Gasteiger partial charge in [0.1, 0.15) is 6.04 Å². The number of amides is 1. The first kappa shape index (κ1) is 15.9. The average molecular weight is 302 g/mol. The molecule has 1 aromatic carbocycles. The van der Waals surface area contributed by atoms with E-state index in [-0.39, 0.29) is 5.92 Å². The molecule has 0 saturated heterocycles. The van der Waals surface area contributed by atoms with Crippen molar-refractivity contribution in [2.75, 3.05) is 6.26 Å². The van der Waals surface area contributed by atoms with Gasteiger partial charge in [0.25, 0.3) is 5.91 Å². The molecule has 0 bridgehead atoms. The van der Waals surface area contributed by atoms with E-state index in [2.05, 4.69) is 5.32 Å². The molecule has 0 unspecified atom stereocenters. The minimum atomic E-state index is -1.06. The maximum absolute atomic E-state index is 12.1. The molecule has 6 heteroatoms. The number of hydrogen-bond acceptors (Lipinski definition) is 3.